The Morgan fingerprint density at radius 2 is 2.29 bits per heavy atom. The van der Waals surface area contributed by atoms with E-state index in [9.17, 15) is 0 Å². The van der Waals surface area contributed by atoms with Crippen LogP contribution in [0.2, 0.25) is 4.34 Å². The Morgan fingerprint density at radius 1 is 1.47 bits per heavy atom. The van der Waals surface area contributed by atoms with Crippen molar-refractivity contribution in [2.24, 2.45) is 7.05 Å². The Balaban J connectivity index is 1.68. The summed E-state index contributed by atoms with van der Waals surface area (Å²) < 4.78 is 2.97. The van der Waals surface area contributed by atoms with E-state index in [1.54, 1.807) is 23.1 Å². The number of aromatic nitrogens is 3. The summed E-state index contributed by atoms with van der Waals surface area (Å²) in [4.78, 5) is 1.27. The minimum atomic E-state index is 0.651. The molecule has 0 N–H and O–H groups in total. The number of rotatable bonds is 4. The number of halogens is 1. The molecule has 1 fully saturated rings. The van der Waals surface area contributed by atoms with Gasteiger partial charge in [-0.15, -0.1) is 21.5 Å². The minimum Gasteiger partial charge on any atom is -0.309 e. The van der Waals surface area contributed by atoms with E-state index < -0.39 is 0 Å². The van der Waals surface area contributed by atoms with Crippen LogP contribution in [0.3, 0.4) is 0 Å². The first-order valence-corrected chi connectivity index (χ1v) is 7.68. The number of hydrogen-bond donors (Lipinski definition) is 0. The van der Waals surface area contributed by atoms with E-state index in [1.807, 2.05) is 6.07 Å². The van der Waals surface area contributed by atoms with Gasteiger partial charge in [0.25, 0.3) is 0 Å². The van der Waals surface area contributed by atoms with E-state index in [1.165, 1.54) is 17.7 Å². The molecule has 3 rings (SSSR count). The summed E-state index contributed by atoms with van der Waals surface area (Å²) >= 11 is 9.25. The first kappa shape index (κ1) is 11.6. The lowest BCUT2D eigenvalue weighted by molar-refractivity contribution is 0.737. The second kappa shape index (κ2) is 4.63. The van der Waals surface area contributed by atoms with Crippen LogP contribution in [-0.4, -0.2) is 14.8 Å². The van der Waals surface area contributed by atoms with Crippen molar-refractivity contribution in [2.75, 3.05) is 0 Å². The summed E-state index contributed by atoms with van der Waals surface area (Å²) in [7, 11) is 2.05. The van der Waals surface area contributed by atoms with Gasteiger partial charge in [-0.2, -0.15) is 0 Å². The molecule has 0 unspecified atom stereocenters. The summed E-state index contributed by atoms with van der Waals surface area (Å²) in [6.45, 7) is 0. The molecule has 3 nitrogen and oxygen atoms in total. The lowest BCUT2D eigenvalue weighted by Gasteiger charge is -2.01. The molecule has 0 atom stereocenters. The van der Waals surface area contributed by atoms with Gasteiger partial charge < -0.3 is 4.57 Å². The molecule has 0 aliphatic heterocycles. The molecule has 0 aromatic carbocycles. The summed E-state index contributed by atoms with van der Waals surface area (Å²) in [5.74, 6) is 2.70. The van der Waals surface area contributed by atoms with Gasteiger partial charge in [-0.25, -0.2) is 0 Å². The summed E-state index contributed by atoms with van der Waals surface area (Å²) in [6, 6.07) is 4.01. The van der Waals surface area contributed by atoms with E-state index in [2.05, 4.69) is 27.9 Å². The Morgan fingerprint density at radius 3 is 2.94 bits per heavy atom. The lowest BCUT2D eigenvalue weighted by Crippen LogP contribution is -1.96. The molecular weight excluding hydrogens is 274 g/mol. The fourth-order valence-corrected chi connectivity index (χ4v) is 3.76. The predicted octanol–water partition coefficient (Wildman–Crippen LogP) is 3.70. The van der Waals surface area contributed by atoms with Gasteiger partial charge in [0.2, 0.25) is 0 Å². The van der Waals surface area contributed by atoms with Crippen LogP contribution in [0.5, 0.6) is 0 Å². The average Bonchev–Trinajstić information content (AvgIpc) is 2.97. The van der Waals surface area contributed by atoms with Gasteiger partial charge in [0.15, 0.2) is 5.16 Å². The van der Waals surface area contributed by atoms with Gasteiger partial charge in [0.1, 0.15) is 5.82 Å². The molecule has 1 aliphatic carbocycles. The third-order valence-electron chi connectivity index (χ3n) is 2.78. The maximum Gasteiger partial charge on any atom is 0.191 e. The van der Waals surface area contributed by atoms with Crippen LogP contribution in [0, 0.1) is 0 Å². The zero-order chi connectivity index (χ0) is 11.8. The first-order chi connectivity index (χ1) is 8.24. The standard InChI is InChI=1S/C11H12ClN3S2/c1-15-10(7-2-3-7)13-14-11(15)16-6-8-4-5-9(12)17-8/h4-5,7H,2-3,6H2,1H3. The highest BCUT2D eigenvalue weighted by molar-refractivity contribution is 7.98. The molecule has 1 aliphatic rings. The Labute approximate surface area is 113 Å². The number of thiophene rings is 1. The zero-order valence-corrected chi connectivity index (χ0v) is 11.8. The summed E-state index contributed by atoms with van der Waals surface area (Å²) in [5.41, 5.74) is 0. The van der Waals surface area contributed by atoms with E-state index >= 15 is 0 Å². The zero-order valence-electron chi connectivity index (χ0n) is 9.39. The molecule has 17 heavy (non-hydrogen) atoms. The molecule has 2 heterocycles. The van der Waals surface area contributed by atoms with Crippen molar-refractivity contribution >= 4 is 34.7 Å². The van der Waals surface area contributed by atoms with Gasteiger partial charge in [-0.3, -0.25) is 0 Å². The number of thioether (sulfide) groups is 1. The monoisotopic (exact) mass is 285 g/mol. The minimum absolute atomic E-state index is 0.651. The van der Waals surface area contributed by atoms with Gasteiger partial charge in [-0.1, -0.05) is 23.4 Å². The van der Waals surface area contributed by atoms with Crippen LogP contribution in [0.4, 0.5) is 0 Å². The largest absolute Gasteiger partial charge is 0.309 e. The van der Waals surface area contributed by atoms with Crippen molar-refractivity contribution < 1.29 is 0 Å². The van der Waals surface area contributed by atoms with Crippen LogP contribution < -0.4 is 0 Å². The van der Waals surface area contributed by atoms with Crippen LogP contribution in [-0.2, 0) is 12.8 Å². The first-order valence-electron chi connectivity index (χ1n) is 5.50. The highest BCUT2D eigenvalue weighted by atomic mass is 35.5. The average molecular weight is 286 g/mol. The van der Waals surface area contributed by atoms with E-state index in [4.69, 9.17) is 11.6 Å². The van der Waals surface area contributed by atoms with Crippen LogP contribution in [0.25, 0.3) is 0 Å². The Bertz CT molecular complexity index is 531. The quantitative estimate of drug-likeness (QED) is 0.803. The van der Waals surface area contributed by atoms with Crippen LogP contribution in [0.1, 0.15) is 29.5 Å². The normalized spacial score (nSPS) is 15.4. The maximum absolute atomic E-state index is 5.90. The van der Waals surface area contributed by atoms with Crippen molar-refractivity contribution in [3.8, 4) is 0 Å². The van der Waals surface area contributed by atoms with Gasteiger partial charge >= 0.3 is 0 Å². The highest BCUT2D eigenvalue weighted by Crippen LogP contribution is 2.39. The molecule has 0 amide bonds. The molecule has 0 saturated heterocycles. The molecular formula is C11H12ClN3S2. The van der Waals surface area contributed by atoms with Gasteiger partial charge in [0, 0.05) is 23.6 Å². The smallest absolute Gasteiger partial charge is 0.191 e. The Hall–Kier alpha value is -0.520. The molecule has 6 heteroatoms. The molecule has 0 spiro atoms. The highest BCUT2D eigenvalue weighted by Gasteiger charge is 2.29. The topological polar surface area (TPSA) is 30.7 Å². The summed E-state index contributed by atoms with van der Waals surface area (Å²) in [6.07, 6.45) is 2.52. The second-order valence-electron chi connectivity index (χ2n) is 4.17. The number of nitrogens with zero attached hydrogens (tertiary/aromatic N) is 3. The van der Waals surface area contributed by atoms with Crippen molar-refractivity contribution in [2.45, 2.75) is 29.7 Å². The van der Waals surface area contributed by atoms with Crippen LogP contribution in [0.15, 0.2) is 17.3 Å². The maximum atomic E-state index is 5.90. The van der Waals surface area contributed by atoms with Crippen molar-refractivity contribution in [3.05, 3.63) is 27.2 Å². The van der Waals surface area contributed by atoms with Crippen molar-refractivity contribution in [1.82, 2.24) is 14.8 Å². The SMILES string of the molecule is Cn1c(SCc2ccc(Cl)s2)nnc1C1CC1. The molecule has 0 radical (unpaired) electrons. The van der Waals surface area contributed by atoms with Crippen molar-refractivity contribution in [1.29, 1.82) is 0 Å². The molecule has 0 bridgehead atoms. The fourth-order valence-electron chi connectivity index (χ4n) is 1.71. The van der Waals surface area contributed by atoms with Gasteiger partial charge in [-0.05, 0) is 25.0 Å². The van der Waals surface area contributed by atoms with E-state index in [-0.39, 0.29) is 0 Å². The molecule has 1 saturated carbocycles. The third kappa shape index (κ3) is 2.51. The third-order valence-corrected chi connectivity index (χ3v) is 5.27. The Kier molecular flexibility index (Phi) is 3.15. The number of hydrogen-bond acceptors (Lipinski definition) is 4. The van der Waals surface area contributed by atoms with E-state index in [0.717, 1.165) is 21.1 Å². The molecule has 90 valence electrons. The van der Waals surface area contributed by atoms with E-state index in [0.29, 0.717) is 5.92 Å². The van der Waals surface area contributed by atoms with Crippen LogP contribution >= 0.6 is 34.7 Å². The summed E-state index contributed by atoms with van der Waals surface area (Å²) in [5, 5.41) is 9.51. The second-order valence-corrected chi connectivity index (χ2v) is 6.91. The van der Waals surface area contributed by atoms with Gasteiger partial charge in [0.05, 0.1) is 4.34 Å². The predicted molar refractivity (Wildman–Crippen MR) is 71.9 cm³/mol. The fraction of sp³-hybridized carbons (Fsp3) is 0.455. The molecule has 2 aromatic heterocycles. The van der Waals surface area contributed by atoms with Crippen molar-refractivity contribution in [3.63, 3.8) is 0 Å². The molecule has 2 aromatic rings. The lowest BCUT2D eigenvalue weighted by atomic mass is 10.4.